The molecule has 0 aliphatic heterocycles. The van der Waals surface area contributed by atoms with Crippen LogP contribution in [0.4, 0.5) is 4.39 Å². The molecule has 0 fully saturated rings. The Balaban J connectivity index is 2.40. The van der Waals surface area contributed by atoms with Crippen molar-refractivity contribution in [1.29, 1.82) is 0 Å². The molecule has 17 heavy (non-hydrogen) atoms. The number of nitrogens with zero attached hydrogens (tertiary/aromatic N) is 1. The van der Waals surface area contributed by atoms with Gasteiger partial charge in [0.25, 0.3) is 0 Å². The first-order chi connectivity index (χ1) is 8.10. The average molecular weight is 299 g/mol. The Labute approximate surface area is 105 Å². The minimum absolute atomic E-state index is 0.225. The number of methoxy groups -OCH3 is 1. The minimum atomic E-state index is -0.515. The first kappa shape index (κ1) is 11.8. The van der Waals surface area contributed by atoms with Gasteiger partial charge in [0.2, 0.25) is 0 Å². The van der Waals surface area contributed by atoms with E-state index in [0.29, 0.717) is 15.9 Å². The number of hydrogen-bond acceptors (Lipinski definition) is 3. The van der Waals surface area contributed by atoms with Crippen LogP contribution in [0.5, 0.6) is 0 Å². The normalized spacial score (nSPS) is 10.3. The first-order valence-electron chi connectivity index (χ1n) is 4.70. The molecule has 2 aromatic rings. The maximum atomic E-state index is 13.2. The number of ether oxygens (including phenoxy) is 1. The molecule has 88 valence electrons. The molecular weight excluding hydrogens is 291 g/mol. The number of hydrogen-bond donors (Lipinski definition) is 1. The lowest BCUT2D eigenvalue weighted by Gasteiger charge is -1.99. The van der Waals surface area contributed by atoms with Crippen LogP contribution in [0.3, 0.4) is 0 Å². The Kier molecular flexibility index (Phi) is 3.23. The van der Waals surface area contributed by atoms with Gasteiger partial charge in [-0.05, 0) is 18.2 Å². The number of aromatic nitrogens is 2. The summed E-state index contributed by atoms with van der Waals surface area (Å²) >= 11 is 3.19. The number of H-pyrrole nitrogens is 1. The quantitative estimate of drug-likeness (QED) is 0.868. The van der Waals surface area contributed by atoms with Gasteiger partial charge in [-0.15, -0.1) is 0 Å². The largest absolute Gasteiger partial charge is 0.464 e. The van der Waals surface area contributed by atoms with Crippen LogP contribution in [-0.2, 0) is 4.74 Å². The molecule has 0 radical (unpaired) electrons. The second-order valence-electron chi connectivity index (χ2n) is 3.30. The van der Waals surface area contributed by atoms with Gasteiger partial charge in [0, 0.05) is 10.0 Å². The van der Waals surface area contributed by atoms with Crippen LogP contribution in [0.25, 0.3) is 11.4 Å². The summed E-state index contributed by atoms with van der Waals surface area (Å²) in [4.78, 5) is 18.0. The minimum Gasteiger partial charge on any atom is -0.464 e. The highest BCUT2D eigenvalue weighted by Crippen LogP contribution is 2.22. The molecule has 1 N–H and O–H groups in total. The van der Waals surface area contributed by atoms with E-state index in [1.807, 2.05) is 0 Å². The standard InChI is InChI=1S/C11H8BrFN2O2/c1-17-11(16)9-5-14-10(15-9)6-2-7(12)4-8(13)3-6/h2-5H,1H3,(H,14,15). The molecule has 1 aromatic heterocycles. The average Bonchev–Trinajstić information content (AvgIpc) is 2.76. The maximum absolute atomic E-state index is 13.2. The Hall–Kier alpha value is -1.69. The zero-order chi connectivity index (χ0) is 12.4. The lowest BCUT2D eigenvalue weighted by Crippen LogP contribution is -2.00. The molecule has 0 spiro atoms. The summed E-state index contributed by atoms with van der Waals surface area (Å²) in [5.74, 6) is -0.491. The van der Waals surface area contributed by atoms with E-state index >= 15 is 0 Å². The molecule has 0 saturated carbocycles. The first-order valence-corrected chi connectivity index (χ1v) is 5.49. The lowest BCUT2D eigenvalue weighted by molar-refractivity contribution is 0.0595. The molecule has 4 nitrogen and oxygen atoms in total. The van der Waals surface area contributed by atoms with Gasteiger partial charge in [-0.3, -0.25) is 0 Å². The predicted octanol–water partition coefficient (Wildman–Crippen LogP) is 2.76. The molecule has 0 saturated heterocycles. The monoisotopic (exact) mass is 298 g/mol. The number of carbonyl (C=O) groups excluding carboxylic acids is 1. The highest BCUT2D eigenvalue weighted by atomic mass is 79.9. The summed E-state index contributed by atoms with van der Waals surface area (Å²) in [6, 6.07) is 4.36. The summed E-state index contributed by atoms with van der Waals surface area (Å²) in [5.41, 5.74) is 0.773. The van der Waals surface area contributed by atoms with Gasteiger partial charge >= 0.3 is 5.97 Å². The number of carbonyl (C=O) groups is 1. The van der Waals surface area contributed by atoms with E-state index in [0.717, 1.165) is 0 Å². The number of nitrogens with one attached hydrogen (secondary N) is 1. The van der Waals surface area contributed by atoms with Gasteiger partial charge < -0.3 is 9.72 Å². The van der Waals surface area contributed by atoms with Crippen molar-refractivity contribution < 1.29 is 13.9 Å². The lowest BCUT2D eigenvalue weighted by atomic mass is 10.2. The number of halogens is 2. The predicted molar refractivity (Wildman–Crippen MR) is 63.0 cm³/mol. The molecule has 1 heterocycles. The Morgan fingerprint density at radius 2 is 2.24 bits per heavy atom. The molecule has 0 amide bonds. The van der Waals surface area contributed by atoms with Crippen molar-refractivity contribution in [3.8, 4) is 11.4 Å². The van der Waals surface area contributed by atoms with Gasteiger partial charge in [-0.2, -0.15) is 0 Å². The number of imidazole rings is 1. The van der Waals surface area contributed by atoms with Crippen molar-refractivity contribution in [1.82, 2.24) is 9.97 Å². The smallest absolute Gasteiger partial charge is 0.356 e. The van der Waals surface area contributed by atoms with Crippen LogP contribution in [0.1, 0.15) is 10.5 Å². The Bertz CT molecular complexity index is 548. The molecule has 0 aliphatic rings. The van der Waals surface area contributed by atoms with E-state index in [1.54, 1.807) is 6.07 Å². The highest BCUT2D eigenvalue weighted by Gasteiger charge is 2.11. The number of aromatic amines is 1. The molecule has 6 heteroatoms. The van der Waals surface area contributed by atoms with Crippen molar-refractivity contribution in [3.63, 3.8) is 0 Å². The van der Waals surface area contributed by atoms with Crippen LogP contribution in [-0.4, -0.2) is 23.0 Å². The van der Waals surface area contributed by atoms with E-state index in [4.69, 9.17) is 0 Å². The summed E-state index contributed by atoms with van der Waals surface area (Å²) in [6.45, 7) is 0. The summed E-state index contributed by atoms with van der Waals surface area (Å²) in [7, 11) is 1.28. The maximum Gasteiger partial charge on any atom is 0.356 e. The second kappa shape index (κ2) is 4.67. The fourth-order valence-corrected chi connectivity index (χ4v) is 1.84. The van der Waals surface area contributed by atoms with Crippen molar-refractivity contribution >= 4 is 21.9 Å². The number of rotatable bonds is 2. The van der Waals surface area contributed by atoms with Crippen LogP contribution >= 0.6 is 15.9 Å². The third-order valence-corrected chi connectivity index (χ3v) is 2.57. The van der Waals surface area contributed by atoms with E-state index < -0.39 is 5.97 Å². The van der Waals surface area contributed by atoms with Gasteiger partial charge in [0.15, 0.2) is 0 Å². The molecule has 2 rings (SSSR count). The van der Waals surface area contributed by atoms with Crippen LogP contribution in [0, 0.1) is 5.82 Å². The van der Waals surface area contributed by atoms with Gasteiger partial charge in [-0.1, -0.05) is 15.9 Å². The third kappa shape index (κ3) is 2.52. The zero-order valence-electron chi connectivity index (χ0n) is 8.83. The van der Waals surface area contributed by atoms with Crippen molar-refractivity contribution in [2.75, 3.05) is 7.11 Å². The van der Waals surface area contributed by atoms with Crippen LogP contribution < -0.4 is 0 Å². The third-order valence-electron chi connectivity index (χ3n) is 2.12. The van der Waals surface area contributed by atoms with Gasteiger partial charge in [0.1, 0.15) is 17.3 Å². The Morgan fingerprint density at radius 1 is 1.47 bits per heavy atom. The fraction of sp³-hybridized carbons (Fsp3) is 0.0909. The van der Waals surface area contributed by atoms with Crippen molar-refractivity contribution in [2.24, 2.45) is 0 Å². The second-order valence-corrected chi connectivity index (χ2v) is 4.21. The van der Waals surface area contributed by atoms with E-state index in [-0.39, 0.29) is 11.5 Å². The topological polar surface area (TPSA) is 55.0 Å². The van der Waals surface area contributed by atoms with E-state index in [9.17, 15) is 9.18 Å². The molecule has 0 bridgehead atoms. The summed E-state index contributed by atoms with van der Waals surface area (Å²) < 4.78 is 18.3. The van der Waals surface area contributed by atoms with Crippen LogP contribution in [0.15, 0.2) is 28.9 Å². The molecule has 0 aliphatic carbocycles. The number of benzene rings is 1. The van der Waals surface area contributed by atoms with Crippen molar-refractivity contribution in [2.45, 2.75) is 0 Å². The SMILES string of the molecule is COC(=O)c1cnc(-c2cc(F)cc(Br)c2)[nH]1. The van der Waals surface area contributed by atoms with Crippen LogP contribution in [0.2, 0.25) is 0 Å². The van der Waals surface area contributed by atoms with Gasteiger partial charge in [-0.25, -0.2) is 14.2 Å². The van der Waals surface area contributed by atoms with E-state index in [1.165, 1.54) is 25.4 Å². The fourth-order valence-electron chi connectivity index (χ4n) is 1.37. The Morgan fingerprint density at radius 3 is 2.88 bits per heavy atom. The molecule has 0 atom stereocenters. The molecule has 0 unspecified atom stereocenters. The molecular formula is C11H8BrFN2O2. The van der Waals surface area contributed by atoms with Crippen molar-refractivity contribution in [3.05, 3.63) is 40.4 Å². The number of esters is 1. The van der Waals surface area contributed by atoms with E-state index in [2.05, 4.69) is 30.6 Å². The molecule has 1 aromatic carbocycles. The highest BCUT2D eigenvalue weighted by molar-refractivity contribution is 9.10. The van der Waals surface area contributed by atoms with Gasteiger partial charge in [0.05, 0.1) is 13.3 Å². The summed E-state index contributed by atoms with van der Waals surface area (Å²) in [5, 5.41) is 0. The summed E-state index contributed by atoms with van der Waals surface area (Å²) in [6.07, 6.45) is 1.35. The zero-order valence-corrected chi connectivity index (χ0v) is 10.4.